The van der Waals surface area contributed by atoms with E-state index in [1.165, 1.54) is 18.2 Å². The third-order valence-electron chi connectivity index (χ3n) is 4.18. The van der Waals surface area contributed by atoms with Crippen molar-refractivity contribution < 1.29 is 24.4 Å². The summed E-state index contributed by atoms with van der Waals surface area (Å²) in [7, 11) is 0. The maximum atomic E-state index is 12.2. The SMILES string of the molecule is Cc1ccc(C(CNC(=O)C(=O)Nc2ccc([N+](=O)[O-])cc2C)OCCO)cc1. The zero-order valence-electron chi connectivity index (χ0n) is 16.2. The molecule has 0 aliphatic heterocycles. The van der Waals surface area contributed by atoms with Gasteiger partial charge in [-0.1, -0.05) is 29.8 Å². The molecule has 0 fully saturated rings. The van der Waals surface area contributed by atoms with E-state index in [4.69, 9.17) is 9.84 Å². The molecule has 2 amide bonds. The standard InChI is InChI=1S/C20H23N3O6/c1-13-3-5-15(6-4-13)18(29-10-9-24)12-21-19(25)20(26)22-17-8-7-16(23(27)28)11-14(17)2/h3-8,11,18,24H,9-10,12H2,1-2H3,(H,21,25)(H,22,26). The molecule has 1 unspecified atom stereocenters. The van der Waals surface area contributed by atoms with Crippen molar-refractivity contribution in [1.82, 2.24) is 5.32 Å². The third-order valence-corrected chi connectivity index (χ3v) is 4.18. The van der Waals surface area contributed by atoms with Crippen LogP contribution in [0.1, 0.15) is 22.8 Å². The zero-order chi connectivity index (χ0) is 21.4. The number of amides is 2. The monoisotopic (exact) mass is 401 g/mol. The lowest BCUT2D eigenvalue weighted by molar-refractivity contribution is -0.384. The average Bonchev–Trinajstić information content (AvgIpc) is 2.70. The van der Waals surface area contributed by atoms with Gasteiger partial charge in [0.05, 0.1) is 24.2 Å². The number of aliphatic hydroxyl groups excluding tert-OH is 1. The van der Waals surface area contributed by atoms with E-state index < -0.39 is 22.8 Å². The molecule has 0 spiro atoms. The number of carbonyl (C=O) groups is 2. The number of nitrogens with zero attached hydrogens (tertiary/aromatic N) is 1. The fourth-order valence-corrected chi connectivity index (χ4v) is 2.60. The topological polar surface area (TPSA) is 131 Å². The van der Waals surface area contributed by atoms with Crippen molar-refractivity contribution in [2.45, 2.75) is 20.0 Å². The average molecular weight is 401 g/mol. The van der Waals surface area contributed by atoms with Gasteiger partial charge in [-0.05, 0) is 31.0 Å². The second kappa shape index (κ2) is 10.3. The molecule has 29 heavy (non-hydrogen) atoms. The minimum atomic E-state index is -0.897. The third kappa shape index (κ3) is 6.37. The predicted octanol–water partition coefficient (Wildman–Crippen LogP) is 2.02. The van der Waals surface area contributed by atoms with Gasteiger partial charge in [0.15, 0.2) is 0 Å². The van der Waals surface area contributed by atoms with Gasteiger partial charge in [0.25, 0.3) is 5.69 Å². The molecular formula is C20H23N3O6. The second-order valence-corrected chi connectivity index (χ2v) is 6.41. The van der Waals surface area contributed by atoms with Crippen LogP contribution in [-0.4, -0.2) is 41.6 Å². The molecule has 0 saturated heterocycles. The fraction of sp³-hybridized carbons (Fsp3) is 0.300. The molecule has 2 aromatic rings. The Morgan fingerprint density at radius 1 is 1.14 bits per heavy atom. The molecule has 2 aromatic carbocycles. The van der Waals surface area contributed by atoms with Crippen molar-refractivity contribution in [2.24, 2.45) is 0 Å². The van der Waals surface area contributed by atoms with E-state index in [2.05, 4.69) is 10.6 Å². The van der Waals surface area contributed by atoms with Gasteiger partial charge in [0.2, 0.25) is 0 Å². The van der Waals surface area contributed by atoms with E-state index in [0.29, 0.717) is 11.3 Å². The molecule has 0 saturated carbocycles. The van der Waals surface area contributed by atoms with E-state index in [-0.39, 0.29) is 25.4 Å². The van der Waals surface area contributed by atoms with Gasteiger partial charge in [-0.15, -0.1) is 0 Å². The summed E-state index contributed by atoms with van der Waals surface area (Å²) in [6.07, 6.45) is -0.527. The first-order valence-electron chi connectivity index (χ1n) is 8.95. The van der Waals surface area contributed by atoms with Crippen LogP contribution in [0.2, 0.25) is 0 Å². The number of ether oxygens (including phenoxy) is 1. The Morgan fingerprint density at radius 3 is 2.41 bits per heavy atom. The Bertz CT molecular complexity index is 882. The number of hydrogen-bond acceptors (Lipinski definition) is 6. The summed E-state index contributed by atoms with van der Waals surface area (Å²) in [5.74, 6) is -1.76. The van der Waals surface area contributed by atoms with Gasteiger partial charge in [0, 0.05) is 24.4 Å². The largest absolute Gasteiger partial charge is 0.394 e. The number of nitrogens with one attached hydrogen (secondary N) is 2. The van der Waals surface area contributed by atoms with Gasteiger partial charge < -0.3 is 20.5 Å². The summed E-state index contributed by atoms with van der Waals surface area (Å²) >= 11 is 0. The Morgan fingerprint density at radius 2 is 1.83 bits per heavy atom. The normalized spacial score (nSPS) is 11.6. The molecule has 2 rings (SSSR count). The van der Waals surface area contributed by atoms with Crippen molar-refractivity contribution in [1.29, 1.82) is 0 Å². The van der Waals surface area contributed by atoms with Crippen molar-refractivity contribution in [3.8, 4) is 0 Å². The first kappa shape index (κ1) is 22.0. The summed E-state index contributed by atoms with van der Waals surface area (Å²) in [6, 6.07) is 11.4. The highest BCUT2D eigenvalue weighted by molar-refractivity contribution is 6.39. The molecule has 3 N–H and O–H groups in total. The summed E-state index contributed by atoms with van der Waals surface area (Å²) in [4.78, 5) is 34.6. The van der Waals surface area contributed by atoms with Crippen molar-refractivity contribution >= 4 is 23.2 Å². The molecule has 0 aromatic heterocycles. The Hall–Kier alpha value is -3.30. The lowest BCUT2D eigenvalue weighted by Gasteiger charge is -2.19. The van der Waals surface area contributed by atoms with Gasteiger partial charge in [-0.2, -0.15) is 0 Å². The lowest BCUT2D eigenvalue weighted by Crippen LogP contribution is -2.38. The summed E-state index contributed by atoms with van der Waals surface area (Å²) < 4.78 is 5.56. The van der Waals surface area contributed by atoms with Crippen LogP contribution >= 0.6 is 0 Å². The lowest BCUT2D eigenvalue weighted by atomic mass is 10.1. The molecule has 0 heterocycles. The van der Waals surface area contributed by atoms with Crippen LogP contribution in [-0.2, 0) is 14.3 Å². The number of rotatable bonds is 8. The number of aryl methyl sites for hydroxylation is 2. The highest BCUT2D eigenvalue weighted by Gasteiger charge is 2.19. The Labute approximate surface area is 167 Å². The fourth-order valence-electron chi connectivity index (χ4n) is 2.60. The van der Waals surface area contributed by atoms with Crippen LogP contribution in [0, 0.1) is 24.0 Å². The number of aliphatic hydroxyl groups is 1. The van der Waals surface area contributed by atoms with Crippen LogP contribution in [0.15, 0.2) is 42.5 Å². The smallest absolute Gasteiger partial charge is 0.313 e. The number of non-ortho nitro benzene ring substituents is 1. The number of benzene rings is 2. The molecule has 0 bridgehead atoms. The highest BCUT2D eigenvalue weighted by Crippen LogP contribution is 2.21. The summed E-state index contributed by atoms with van der Waals surface area (Å²) in [6.45, 7) is 3.49. The van der Waals surface area contributed by atoms with E-state index in [9.17, 15) is 19.7 Å². The minimum absolute atomic E-state index is 0.0363. The number of nitro benzene ring substituents is 1. The quantitative estimate of drug-likeness (QED) is 0.352. The highest BCUT2D eigenvalue weighted by atomic mass is 16.6. The summed E-state index contributed by atoms with van der Waals surface area (Å²) in [5.41, 5.74) is 2.53. The molecule has 9 heteroatoms. The van der Waals surface area contributed by atoms with E-state index in [1.807, 2.05) is 31.2 Å². The van der Waals surface area contributed by atoms with Gasteiger partial charge >= 0.3 is 11.8 Å². The van der Waals surface area contributed by atoms with Crippen LogP contribution in [0.3, 0.4) is 0 Å². The maximum absolute atomic E-state index is 12.2. The molecule has 1 atom stereocenters. The maximum Gasteiger partial charge on any atom is 0.313 e. The number of carbonyl (C=O) groups excluding carboxylic acids is 2. The first-order valence-corrected chi connectivity index (χ1v) is 8.95. The Kier molecular flexibility index (Phi) is 7.81. The molecular weight excluding hydrogens is 378 g/mol. The summed E-state index contributed by atoms with van der Waals surface area (Å²) in [5, 5.41) is 24.7. The van der Waals surface area contributed by atoms with Crippen molar-refractivity contribution in [2.75, 3.05) is 25.1 Å². The number of nitro groups is 1. The van der Waals surface area contributed by atoms with Crippen LogP contribution in [0.25, 0.3) is 0 Å². The zero-order valence-corrected chi connectivity index (χ0v) is 16.2. The molecule has 154 valence electrons. The molecule has 0 aliphatic carbocycles. The molecule has 9 nitrogen and oxygen atoms in total. The van der Waals surface area contributed by atoms with Crippen molar-refractivity contribution in [3.63, 3.8) is 0 Å². The van der Waals surface area contributed by atoms with Crippen LogP contribution in [0.5, 0.6) is 0 Å². The van der Waals surface area contributed by atoms with E-state index in [1.54, 1.807) is 6.92 Å². The molecule has 0 radical (unpaired) electrons. The second-order valence-electron chi connectivity index (χ2n) is 6.41. The van der Waals surface area contributed by atoms with Crippen LogP contribution < -0.4 is 10.6 Å². The number of anilines is 1. The van der Waals surface area contributed by atoms with Gasteiger partial charge in [-0.3, -0.25) is 19.7 Å². The number of hydrogen-bond donors (Lipinski definition) is 3. The van der Waals surface area contributed by atoms with Crippen molar-refractivity contribution in [3.05, 3.63) is 69.3 Å². The minimum Gasteiger partial charge on any atom is -0.394 e. The van der Waals surface area contributed by atoms with Crippen LogP contribution in [0.4, 0.5) is 11.4 Å². The predicted molar refractivity (Wildman–Crippen MR) is 106 cm³/mol. The van der Waals surface area contributed by atoms with E-state index in [0.717, 1.165) is 11.1 Å². The first-order chi connectivity index (χ1) is 13.8. The van der Waals surface area contributed by atoms with Gasteiger partial charge in [-0.25, -0.2) is 0 Å². The Balaban J connectivity index is 1.99. The molecule has 0 aliphatic rings. The van der Waals surface area contributed by atoms with E-state index >= 15 is 0 Å². The van der Waals surface area contributed by atoms with Gasteiger partial charge in [0.1, 0.15) is 0 Å².